The van der Waals surface area contributed by atoms with Crippen LogP contribution in [0.5, 0.6) is 5.75 Å². The number of hydrogen-bond acceptors (Lipinski definition) is 3. The zero-order valence-corrected chi connectivity index (χ0v) is 8.86. The maximum Gasteiger partial charge on any atom is 0.187 e. The Bertz CT molecular complexity index is 478. The lowest BCUT2D eigenvalue weighted by atomic mass is 10.1. The molecule has 0 atom stereocenters. The van der Waals surface area contributed by atoms with Gasteiger partial charge in [-0.05, 0) is 23.8 Å². The van der Waals surface area contributed by atoms with Crippen LogP contribution in [-0.2, 0) is 6.42 Å². The Morgan fingerprint density at radius 3 is 3.19 bits per heavy atom. The van der Waals surface area contributed by atoms with Crippen LogP contribution >= 0.6 is 0 Å². The highest BCUT2D eigenvalue weighted by Crippen LogP contribution is 2.13. The van der Waals surface area contributed by atoms with Gasteiger partial charge in [-0.25, -0.2) is 4.98 Å². The van der Waals surface area contributed by atoms with E-state index in [0.29, 0.717) is 5.69 Å². The van der Waals surface area contributed by atoms with Crippen molar-refractivity contribution in [2.45, 2.75) is 6.42 Å². The average molecular weight is 215 g/mol. The van der Waals surface area contributed by atoms with Crippen molar-refractivity contribution in [1.29, 1.82) is 0 Å². The van der Waals surface area contributed by atoms with E-state index in [-0.39, 0.29) is 12.2 Å². The molecule has 0 saturated heterocycles. The number of hydrogen-bond donors (Lipinski definition) is 1. The number of nitrogens with one attached hydrogen (secondary N) is 1. The van der Waals surface area contributed by atoms with E-state index in [4.69, 9.17) is 4.74 Å². The van der Waals surface area contributed by atoms with Gasteiger partial charge in [-0.3, -0.25) is 4.79 Å². The van der Waals surface area contributed by atoms with Gasteiger partial charge in [0.15, 0.2) is 5.78 Å². The number of rotatable bonds is 4. The molecule has 0 spiro atoms. The van der Waals surface area contributed by atoms with E-state index < -0.39 is 0 Å². The largest absolute Gasteiger partial charge is 0.497 e. The van der Waals surface area contributed by atoms with Gasteiger partial charge in [0.05, 0.1) is 13.4 Å². The molecule has 1 N–H and O–H groups in total. The van der Waals surface area contributed by atoms with Crippen LogP contribution in [0.2, 0.25) is 0 Å². The van der Waals surface area contributed by atoms with E-state index in [1.165, 1.54) is 6.33 Å². The number of imidazole rings is 1. The molecule has 0 aliphatic carbocycles. The second-order valence-corrected chi connectivity index (χ2v) is 3.31. The van der Waals surface area contributed by atoms with Crippen molar-refractivity contribution in [1.82, 2.24) is 9.97 Å². The lowest BCUT2D eigenvalue weighted by Crippen LogP contribution is -2.04. The molecule has 2 aromatic rings. The van der Waals surface area contributed by atoms with Crippen LogP contribution in [0.1, 0.15) is 16.1 Å². The fourth-order valence-corrected chi connectivity index (χ4v) is 1.40. The van der Waals surface area contributed by atoms with Gasteiger partial charge in [-0.15, -0.1) is 0 Å². The second-order valence-electron chi connectivity index (χ2n) is 3.31. The Morgan fingerprint density at radius 2 is 2.50 bits per heavy atom. The van der Waals surface area contributed by atoms with Crippen LogP contribution in [-0.4, -0.2) is 22.9 Å². The van der Waals surface area contributed by atoms with Crippen LogP contribution in [0.15, 0.2) is 30.7 Å². The first-order valence-corrected chi connectivity index (χ1v) is 4.86. The third kappa shape index (κ3) is 2.28. The maximum absolute atomic E-state index is 11.7. The van der Waals surface area contributed by atoms with E-state index >= 15 is 0 Å². The highest BCUT2D eigenvalue weighted by molar-refractivity contribution is 5.95. The highest BCUT2D eigenvalue weighted by atomic mass is 16.5. The van der Waals surface area contributed by atoms with Crippen LogP contribution in [0, 0.1) is 6.07 Å². The van der Waals surface area contributed by atoms with Gasteiger partial charge < -0.3 is 9.72 Å². The summed E-state index contributed by atoms with van der Waals surface area (Å²) in [5, 5.41) is 0. The summed E-state index contributed by atoms with van der Waals surface area (Å²) in [6.45, 7) is 0. The highest BCUT2D eigenvalue weighted by Gasteiger charge is 2.09. The standard InChI is InChI=1S/C12H11N2O2/c1-16-10-4-2-3-9(5-10)6-12(15)11-7-13-8-14-11/h2,4-5,7-8H,6H2,1H3,(H,13,14). The third-order valence-electron chi connectivity index (χ3n) is 2.20. The van der Waals surface area contributed by atoms with Crippen molar-refractivity contribution in [3.8, 4) is 5.75 Å². The first kappa shape index (κ1) is 10.4. The molecule has 2 rings (SSSR count). The molecule has 0 fully saturated rings. The summed E-state index contributed by atoms with van der Waals surface area (Å²) in [7, 11) is 1.59. The molecule has 16 heavy (non-hydrogen) atoms. The molecule has 0 amide bonds. The number of Topliss-reactive ketones (excluding diaryl/α,β-unsaturated/α-hetero) is 1. The molecule has 4 heteroatoms. The minimum atomic E-state index is -0.0363. The van der Waals surface area contributed by atoms with Gasteiger partial charge in [-0.1, -0.05) is 6.07 Å². The SMILES string of the molecule is COc1cc[c]c(CC(=O)c2c[nH]cn2)c1. The number of benzene rings is 1. The molecule has 0 saturated carbocycles. The van der Waals surface area contributed by atoms with Crippen LogP contribution < -0.4 is 4.74 Å². The van der Waals surface area contributed by atoms with E-state index in [2.05, 4.69) is 16.0 Å². The first-order valence-electron chi connectivity index (χ1n) is 4.86. The zero-order chi connectivity index (χ0) is 11.4. The quantitative estimate of drug-likeness (QED) is 0.789. The summed E-state index contributed by atoms with van der Waals surface area (Å²) in [4.78, 5) is 18.4. The summed E-state index contributed by atoms with van der Waals surface area (Å²) in [6, 6.07) is 8.33. The molecule has 0 bridgehead atoms. The number of carbonyl (C=O) groups is 1. The molecule has 1 radical (unpaired) electrons. The molecule has 4 nitrogen and oxygen atoms in total. The number of aromatic amines is 1. The fourth-order valence-electron chi connectivity index (χ4n) is 1.40. The average Bonchev–Trinajstić information content (AvgIpc) is 2.83. The van der Waals surface area contributed by atoms with Gasteiger partial charge in [0.1, 0.15) is 11.4 Å². The topological polar surface area (TPSA) is 55.0 Å². The van der Waals surface area contributed by atoms with Crippen molar-refractivity contribution in [2.24, 2.45) is 0 Å². The van der Waals surface area contributed by atoms with Crippen LogP contribution in [0.4, 0.5) is 0 Å². The number of H-pyrrole nitrogens is 1. The lowest BCUT2D eigenvalue weighted by Gasteiger charge is -2.02. The van der Waals surface area contributed by atoms with Gasteiger partial charge in [-0.2, -0.15) is 0 Å². The molecule has 0 aliphatic rings. The number of aromatic nitrogens is 2. The fraction of sp³-hybridized carbons (Fsp3) is 0.167. The van der Waals surface area contributed by atoms with Crippen molar-refractivity contribution < 1.29 is 9.53 Å². The number of nitrogens with zero attached hydrogens (tertiary/aromatic N) is 1. The normalized spacial score (nSPS) is 10.1. The van der Waals surface area contributed by atoms with Gasteiger partial charge >= 0.3 is 0 Å². The van der Waals surface area contributed by atoms with E-state index in [1.54, 1.807) is 31.5 Å². The van der Waals surface area contributed by atoms with Gasteiger partial charge in [0, 0.05) is 12.6 Å². The minimum Gasteiger partial charge on any atom is -0.497 e. The Balaban J connectivity index is 2.12. The minimum absolute atomic E-state index is 0.0363. The summed E-state index contributed by atoms with van der Waals surface area (Å²) in [5.41, 5.74) is 1.24. The molecule has 1 aromatic carbocycles. The third-order valence-corrected chi connectivity index (χ3v) is 2.20. The molecular weight excluding hydrogens is 204 g/mol. The molecular formula is C12H11N2O2. The summed E-state index contributed by atoms with van der Waals surface area (Å²) < 4.78 is 5.07. The number of ketones is 1. The smallest absolute Gasteiger partial charge is 0.187 e. The van der Waals surface area contributed by atoms with Crippen molar-refractivity contribution in [3.63, 3.8) is 0 Å². The predicted octanol–water partition coefficient (Wildman–Crippen LogP) is 1.64. The Hall–Kier alpha value is -2.10. The van der Waals surface area contributed by atoms with E-state index in [1.807, 2.05) is 0 Å². The number of carbonyl (C=O) groups excluding carboxylic acids is 1. The van der Waals surface area contributed by atoms with E-state index in [9.17, 15) is 4.79 Å². The summed E-state index contributed by atoms with van der Waals surface area (Å²) >= 11 is 0. The Kier molecular flexibility index (Phi) is 3.00. The number of methoxy groups -OCH3 is 1. The monoisotopic (exact) mass is 215 g/mol. The summed E-state index contributed by atoms with van der Waals surface area (Å²) in [5.74, 6) is 0.689. The van der Waals surface area contributed by atoms with Crippen LogP contribution in [0.25, 0.3) is 0 Å². The number of ether oxygens (including phenoxy) is 1. The molecule has 0 unspecified atom stereocenters. The molecule has 1 heterocycles. The first-order chi connectivity index (χ1) is 7.79. The molecule has 81 valence electrons. The zero-order valence-electron chi connectivity index (χ0n) is 8.86. The maximum atomic E-state index is 11.7. The van der Waals surface area contributed by atoms with E-state index in [0.717, 1.165) is 11.3 Å². The molecule has 0 aliphatic heterocycles. The molecule has 1 aromatic heterocycles. The Morgan fingerprint density at radius 1 is 1.62 bits per heavy atom. The summed E-state index contributed by atoms with van der Waals surface area (Å²) in [6.07, 6.45) is 3.35. The van der Waals surface area contributed by atoms with Gasteiger partial charge in [0.2, 0.25) is 0 Å². The van der Waals surface area contributed by atoms with Crippen molar-refractivity contribution >= 4 is 5.78 Å². The van der Waals surface area contributed by atoms with Crippen molar-refractivity contribution in [2.75, 3.05) is 7.11 Å². The van der Waals surface area contributed by atoms with Gasteiger partial charge in [0.25, 0.3) is 0 Å². The Labute approximate surface area is 93.3 Å². The van der Waals surface area contributed by atoms with Crippen LogP contribution in [0.3, 0.4) is 0 Å². The predicted molar refractivity (Wildman–Crippen MR) is 58.5 cm³/mol. The second kappa shape index (κ2) is 4.61. The van der Waals surface area contributed by atoms with Crippen molar-refractivity contribution in [3.05, 3.63) is 48.0 Å². The lowest BCUT2D eigenvalue weighted by molar-refractivity contribution is 0.0988.